The molecule has 0 aliphatic rings. The largest absolute Gasteiger partial charge is 0.370 e. The molecule has 0 aliphatic heterocycles. The van der Waals surface area contributed by atoms with Crippen LogP contribution in [0.1, 0.15) is 121 Å². The second kappa shape index (κ2) is 20.4. The number of amides is 1. The fraction of sp³-hybridized carbons (Fsp3) is 0.731. The quantitative estimate of drug-likeness (QED) is 0.286. The summed E-state index contributed by atoms with van der Waals surface area (Å²) in [6.45, 7) is 6.48. The van der Waals surface area contributed by atoms with Crippen LogP contribution < -0.4 is 5.73 Å². The SMILES string of the molecule is CCCCCCCCCCCCCCCCCC(N)=O.Cc1cccc(C)c1. The Labute approximate surface area is 175 Å². The summed E-state index contributed by atoms with van der Waals surface area (Å²) in [6.07, 6.45) is 20.9. The fourth-order valence-corrected chi connectivity index (χ4v) is 3.48. The number of rotatable bonds is 16. The van der Waals surface area contributed by atoms with Crippen LogP contribution >= 0.6 is 0 Å². The third kappa shape index (κ3) is 21.0. The predicted octanol–water partition coefficient (Wildman–Crippen LogP) is 8.04. The highest BCUT2D eigenvalue weighted by Gasteiger charge is 1.96. The minimum absolute atomic E-state index is 0.153. The molecule has 0 saturated heterocycles. The maximum atomic E-state index is 10.6. The second-order valence-corrected chi connectivity index (χ2v) is 8.32. The van der Waals surface area contributed by atoms with Crippen LogP contribution in [0.3, 0.4) is 0 Å². The lowest BCUT2D eigenvalue weighted by atomic mass is 10.0. The molecule has 0 bridgehead atoms. The summed E-state index contributed by atoms with van der Waals surface area (Å²) in [5.41, 5.74) is 7.78. The first-order valence-corrected chi connectivity index (χ1v) is 11.9. The van der Waals surface area contributed by atoms with E-state index in [1.54, 1.807) is 0 Å². The van der Waals surface area contributed by atoms with Gasteiger partial charge in [-0.3, -0.25) is 4.79 Å². The lowest BCUT2D eigenvalue weighted by molar-refractivity contribution is -0.118. The number of hydrogen-bond donors (Lipinski definition) is 1. The van der Waals surface area contributed by atoms with Crippen LogP contribution in [-0.2, 0) is 4.79 Å². The number of hydrogen-bond acceptors (Lipinski definition) is 1. The van der Waals surface area contributed by atoms with Crippen molar-refractivity contribution in [3.63, 3.8) is 0 Å². The van der Waals surface area contributed by atoms with E-state index in [1.807, 2.05) is 0 Å². The van der Waals surface area contributed by atoms with Gasteiger partial charge in [-0.05, 0) is 20.3 Å². The van der Waals surface area contributed by atoms with Crippen LogP contribution in [0.25, 0.3) is 0 Å². The Balaban J connectivity index is 0.000000749. The molecule has 2 heteroatoms. The highest BCUT2D eigenvalue weighted by Crippen LogP contribution is 2.13. The molecule has 0 aliphatic carbocycles. The van der Waals surface area contributed by atoms with E-state index >= 15 is 0 Å². The summed E-state index contributed by atoms with van der Waals surface area (Å²) >= 11 is 0. The molecule has 2 nitrogen and oxygen atoms in total. The Morgan fingerprint density at radius 3 is 1.32 bits per heavy atom. The van der Waals surface area contributed by atoms with Crippen molar-refractivity contribution in [2.24, 2.45) is 5.73 Å². The van der Waals surface area contributed by atoms with Gasteiger partial charge in [-0.25, -0.2) is 0 Å². The third-order valence-corrected chi connectivity index (χ3v) is 5.20. The molecule has 0 heterocycles. The van der Waals surface area contributed by atoms with Crippen LogP contribution in [0.15, 0.2) is 24.3 Å². The zero-order chi connectivity index (χ0) is 20.9. The van der Waals surface area contributed by atoms with Crippen LogP contribution in [0.4, 0.5) is 0 Å². The molecule has 1 aromatic carbocycles. The molecule has 0 fully saturated rings. The molecule has 0 radical (unpaired) electrons. The predicted molar refractivity (Wildman–Crippen MR) is 125 cm³/mol. The number of benzene rings is 1. The molecular formula is C26H47NO. The zero-order valence-corrected chi connectivity index (χ0v) is 19.1. The van der Waals surface area contributed by atoms with Crippen molar-refractivity contribution in [1.82, 2.24) is 0 Å². The van der Waals surface area contributed by atoms with Gasteiger partial charge in [-0.1, -0.05) is 132 Å². The summed E-state index contributed by atoms with van der Waals surface area (Å²) in [7, 11) is 0. The van der Waals surface area contributed by atoms with E-state index in [2.05, 4.69) is 45.0 Å². The molecule has 0 aromatic heterocycles. The highest BCUT2D eigenvalue weighted by atomic mass is 16.1. The Kier molecular flexibility index (Phi) is 19.5. The standard InChI is InChI=1S/C18H37NO.C8H10/c1-2-3-4-5-6-7-8-9-10-11-12-13-14-15-16-17-18(19)20;1-7-4-3-5-8(2)6-7/h2-17H2,1H3,(H2,19,20);3-6H,1-2H3. The molecule has 28 heavy (non-hydrogen) atoms. The monoisotopic (exact) mass is 389 g/mol. The van der Waals surface area contributed by atoms with Gasteiger partial charge in [0.25, 0.3) is 0 Å². The third-order valence-electron chi connectivity index (χ3n) is 5.20. The minimum Gasteiger partial charge on any atom is -0.370 e. The normalized spacial score (nSPS) is 10.4. The topological polar surface area (TPSA) is 43.1 Å². The van der Waals surface area contributed by atoms with E-state index in [1.165, 1.54) is 101 Å². The number of carbonyl (C=O) groups is 1. The second-order valence-electron chi connectivity index (χ2n) is 8.32. The van der Waals surface area contributed by atoms with Crippen molar-refractivity contribution in [2.45, 2.75) is 124 Å². The van der Waals surface area contributed by atoms with Crippen molar-refractivity contribution in [1.29, 1.82) is 0 Å². The van der Waals surface area contributed by atoms with E-state index in [0.717, 1.165) is 6.42 Å². The lowest BCUT2D eigenvalue weighted by Gasteiger charge is -2.03. The summed E-state index contributed by atoms with van der Waals surface area (Å²) in [4.78, 5) is 10.6. The summed E-state index contributed by atoms with van der Waals surface area (Å²) in [5, 5.41) is 0. The molecule has 2 N–H and O–H groups in total. The van der Waals surface area contributed by atoms with E-state index in [0.29, 0.717) is 6.42 Å². The Morgan fingerprint density at radius 1 is 0.679 bits per heavy atom. The average Bonchev–Trinajstić information content (AvgIpc) is 2.65. The molecule has 162 valence electrons. The molecule has 1 aromatic rings. The van der Waals surface area contributed by atoms with E-state index < -0.39 is 0 Å². The van der Waals surface area contributed by atoms with Crippen LogP contribution in [0.5, 0.6) is 0 Å². The summed E-state index contributed by atoms with van der Waals surface area (Å²) < 4.78 is 0. The van der Waals surface area contributed by atoms with Crippen LogP contribution in [-0.4, -0.2) is 5.91 Å². The number of carbonyl (C=O) groups excluding carboxylic acids is 1. The number of aryl methyl sites for hydroxylation is 2. The lowest BCUT2D eigenvalue weighted by Crippen LogP contribution is -2.09. The van der Waals surface area contributed by atoms with Crippen molar-refractivity contribution < 1.29 is 4.79 Å². The van der Waals surface area contributed by atoms with E-state index in [-0.39, 0.29) is 5.91 Å². The Hall–Kier alpha value is -1.31. The molecular weight excluding hydrogens is 342 g/mol. The molecule has 0 spiro atoms. The highest BCUT2D eigenvalue weighted by molar-refractivity contribution is 5.73. The molecule has 0 unspecified atom stereocenters. The van der Waals surface area contributed by atoms with Gasteiger partial charge in [0.1, 0.15) is 0 Å². The van der Waals surface area contributed by atoms with Gasteiger partial charge in [0.15, 0.2) is 0 Å². The van der Waals surface area contributed by atoms with Gasteiger partial charge in [0, 0.05) is 6.42 Å². The Bertz CT molecular complexity index is 452. The fourth-order valence-electron chi connectivity index (χ4n) is 3.48. The minimum atomic E-state index is -0.153. The first-order chi connectivity index (χ1) is 13.6. The molecule has 0 atom stereocenters. The van der Waals surface area contributed by atoms with Crippen LogP contribution in [0, 0.1) is 13.8 Å². The van der Waals surface area contributed by atoms with Gasteiger partial charge in [0.05, 0.1) is 0 Å². The van der Waals surface area contributed by atoms with E-state index in [4.69, 9.17) is 5.73 Å². The van der Waals surface area contributed by atoms with Crippen molar-refractivity contribution in [3.05, 3.63) is 35.4 Å². The van der Waals surface area contributed by atoms with Gasteiger partial charge < -0.3 is 5.73 Å². The Morgan fingerprint density at radius 2 is 1.04 bits per heavy atom. The molecule has 0 saturated carbocycles. The average molecular weight is 390 g/mol. The van der Waals surface area contributed by atoms with Crippen molar-refractivity contribution in [3.8, 4) is 0 Å². The number of nitrogens with two attached hydrogens (primary N) is 1. The first kappa shape index (κ1) is 26.7. The first-order valence-electron chi connectivity index (χ1n) is 11.9. The van der Waals surface area contributed by atoms with Gasteiger partial charge in [0.2, 0.25) is 5.91 Å². The van der Waals surface area contributed by atoms with Crippen molar-refractivity contribution >= 4 is 5.91 Å². The van der Waals surface area contributed by atoms with Gasteiger partial charge in [-0.2, -0.15) is 0 Å². The zero-order valence-electron chi connectivity index (χ0n) is 19.1. The number of primary amides is 1. The maximum Gasteiger partial charge on any atom is 0.217 e. The smallest absolute Gasteiger partial charge is 0.217 e. The summed E-state index contributed by atoms with van der Waals surface area (Å²) in [5.74, 6) is -0.153. The van der Waals surface area contributed by atoms with Crippen LogP contribution in [0.2, 0.25) is 0 Å². The van der Waals surface area contributed by atoms with Gasteiger partial charge in [-0.15, -0.1) is 0 Å². The summed E-state index contributed by atoms with van der Waals surface area (Å²) in [6, 6.07) is 8.45. The van der Waals surface area contributed by atoms with Gasteiger partial charge >= 0.3 is 0 Å². The molecule has 1 rings (SSSR count). The maximum absolute atomic E-state index is 10.6. The number of unbranched alkanes of at least 4 members (excludes halogenated alkanes) is 14. The van der Waals surface area contributed by atoms with E-state index in [9.17, 15) is 4.79 Å². The molecule has 1 amide bonds. The van der Waals surface area contributed by atoms with Crippen molar-refractivity contribution in [2.75, 3.05) is 0 Å².